The molecule has 0 radical (unpaired) electrons. The molecule has 4 aliphatic carbocycles. The molecular formula is C21H28O3. The maximum Gasteiger partial charge on any atom is 0.161 e. The Kier molecular flexibility index (Phi) is 3.65. The van der Waals surface area contributed by atoms with E-state index in [4.69, 9.17) is 0 Å². The maximum atomic E-state index is 13.3. The van der Waals surface area contributed by atoms with Crippen LogP contribution in [-0.2, 0) is 9.59 Å². The van der Waals surface area contributed by atoms with Gasteiger partial charge in [0.1, 0.15) is 12.4 Å². The number of Topliss-reactive ketones (excluding diaryl/α,β-unsaturated/α-hetero) is 2. The monoisotopic (exact) mass is 328 g/mol. The Morgan fingerprint density at radius 1 is 1.33 bits per heavy atom. The van der Waals surface area contributed by atoms with Gasteiger partial charge in [0, 0.05) is 23.7 Å². The Labute approximate surface area is 144 Å². The van der Waals surface area contributed by atoms with Crippen LogP contribution in [0.2, 0.25) is 0 Å². The van der Waals surface area contributed by atoms with Crippen LogP contribution in [0.25, 0.3) is 0 Å². The number of hydrogen-bond donors (Lipinski definition) is 1. The zero-order chi connectivity index (χ0) is 17.1. The van der Waals surface area contributed by atoms with Gasteiger partial charge < -0.3 is 5.11 Å². The van der Waals surface area contributed by atoms with Crippen LogP contribution >= 0.6 is 0 Å². The van der Waals surface area contributed by atoms with E-state index in [1.807, 2.05) is 0 Å². The Bertz CT molecular complexity index is 645. The number of aliphatic hydroxyl groups excluding tert-OH is 1. The summed E-state index contributed by atoms with van der Waals surface area (Å²) in [7, 11) is 0. The number of allylic oxidation sites excluding steroid dienone is 4. The second-order valence-electron chi connectivity index (χ2n) is 8.90. The molecular weight excluding hydrogens is 300 g/mol. The zero-order valence-corrected chi connectivity index (χ0v) is 14.8. The topological polar surface area (TPSA) is 54.4 Å². The Hall–Kier alpha value is -1.22. The van der Waals surface area contributed by atoms with Crippen molar-refractivity contribution in [2.45, 2.75) is 52.4 Å². The molecule has 130 valence electrons. The van der Waals surface area contributed by atoms with Crippen molar-refractivity contribution < 1.29 is 14.7 Å². The van der Waals surface area contributed by atoms with Crippen LogP contribution in [0.3, 0.4) is 0 Å². The van der Waals surface area contributed by atoms with Gasteiger partial charge in [0.25, 0.3) is 0 Å². The molecule has 0 amide bonds. The highest BCUT2D eigenvalue weighted by Gasteiger charge is 2.62. The predicted molar refractivity (Wildman–Crippen MR) is 92.2 cm³/mol. The number of ketones is 2. The molecule has 4 aliphatic rings. The van der Waals surface area contributed by atoms with E-state index in [0.717, 1.165) is 32.1 Å². The molecule has 1 N–H and O–H groups in total. The van der Waals surface area contributed by atoms with Gasteiger partial charge in [0.2, 0.25) is 0 Å². The molecule has 0 saturated heterocycles. The summed E-state index contributed by atoms with van der Waals surface area (Å²) in [5.74, 6) is 1.07. The number of rotatable bonds is 2. The molecule has 3 heteroatoms. The van der Waals surface area contributed by atoms with Crippen LogP contribution in [0.15, 0.2) is 23.8 Å². The fourth-order valence-corrected chi connectivity index (χ4v) is 6.77. The molecule has 0 aromatic heterocycles. The molecule has 0 aliphatic heterocycles. The minimum absolute atomic E-state index is 0.0187. The average molecular weight is 328 g/mol. The maximum absolute atomic E-state index is 13.3. The summed E-state index contributed by atoms with van der Waals surface area (Å²) >= 11 is 0. The lowest BCUT2D eigenvalue weighted by Crippen LogP contribution is -2.54. The molecule has 2 fully saturated rings. The van der Waals surface area contributed by atoms with Crippen molar-refractivity contribution in [3.63, 3.8) is 0 Å². The predicted octanol–water partition coefficient (Wildman–Crippen LogP) is 3.47. The fourth-order valence-electron chi connectivity index (χ4n) is 6.77. The number of aliphatic hydroxyl groups is 1. The first-order chi connectivity index (χ1) is 11.4. The molecule has 0 unspecified atom stereocenters. The zero-order valence-electron chi connectivity index (χ0n) is 14.8. The Balaban J connectivity index is 1.74. The third-order valence-electron chi connectivity index (χ3n) is 7.88. The van der Waals surface area contributed by atoms with Crippen LogP contribution in [0.1, 0.15) is 52.4 Å². The highest BCUT2D eigenvalue weighted by atomic mass is 16.3. The normalized spacial score (nSPS) is 46.8. The summed E-state index contributed by atoms with van der Waals surface area (Å²) in [5, 5.41) is 9.34. The molecule has 0 aromatic carbocycles. The molecule has 0 aromatic rings. The first-order valence-corrected chi connectivity index (χ1v) is 9.45. The van der Waals surface area contributed by atoms with Gasteiger partial charge in [-0.2, -0.15) is 0 Å². The molecule has 3 nitrogen and oxygen atoms in total. The van der Waals surface area contributed by atoms with Gasteiger partial charge >= 0.3 is 0 Å². The molecule has 0 spiro atoms. The van der Waals surface area contributed by atoms with Crippen LogP contribution < -0.4 is 0 Å². The molecule has 0 heterocycles. The standard InChI is InChI=1S/C21H28O3/c1-20-10-4-3-5-13(20)6-7-14-15-8-9-16(18(24)12-22)21(15,2)11-17(23)19(14)20/h3,5-6,14-16,19,22H,4,7-12H2,1-2H3/t14-,15-,16+,19+,20-,21-/m0/s1. The van der Waals surface area contributed by atoms with Crippen LogP contribution in [0, 0.1) is 34.5 Å². The summed E-state index contributed by atoms with van der Waals surface area (Å²) in [4.78, 5) is 25.5. The first-order valence-electron chi connectivity index (χ1n) is 9.45. The molecule has 6 atom stereocenters. The van der Waals surface area contributed by atoms with Crippen molar-refractivity contribution in [1.29, 1.82) is 0 Å². The van der Waals surface area contributed by atoms with Crippen molar-refractivity contribution in [2.75, 3.05) is 6.61 Å². The van der Waals surface area contributed by atoms with Crippen molar-refractivity contribution in [3.05, 3.63) is 23.8 Å². The van der Waals surface area contributed by atoms with E-state index in [0.29, 0.717) is 24.0 Å². The second kappa shape index (κ2) is 5.39. The van der Waals surface area contributed by atoms with Crippen molar-refractivity contribution in [2.24, 2.45) is 34.5 Å². The molecule has 0 bridgehead atoms. The van der Waals surface area contributed by atoms with Crippen LogP contribution in [-0.4, -0.2) is 23.3 Å². The quantitative estimate of drug-likeness (QED) is 0.844. The van der Waals surface area contributed by atoms with Crippen molar-refractivity contribution >= 4 is 11.6 Å². The van der Waals surface area contributed by atoms with Crippen LogP contribution in [0.5, 0.6) is 0 Å². The van der Waals surface area contributed by atoms with E-state index in [1.54, 1.807) is 0 Å². The number of fused-ring (bicyclic) bond motifs is 5. The summed E-state index contributed by atoms with van der Waals surface area (Å²) in [5.41, 5.74) is 1.09. The van der Waals surface area contributed by atoms with Gasteiger partial charge in [0.15, 0.2) is 5.78 Å². The second-order valence-corrected chi connectivity index (χ2v) is 8.90. The number of hydrogen-bond acceptors (Lipinski definition) is 3. The third-order valence-corrected chi connectivity index (χ3v) is 7.88. The third kappa shape index (κ3) is 2.00. The van der Waals surface area contributed by atoms with E-state index < -0.39 is 0 Å². The summed E-state index contributed by atoms with van der Waals surface area (Å²) in [6.45, 7) is 4.03. The van der Waals surface area contributed by atoms with Crippen molar-refractivity contribution in [3.8, 4) is 0 Å². The average Bonchev–Trinajstić information content (AvgIpc) is 2.89. The lowest BCUT2D eigenvalue weighted by Gasteiger charge is -2.55. The lowest BCUT2D eigenvalue weighted by molar-refractivity contribution is -0.146. The smallest absolute Gasteiger partial charge is 0.161 e. The minimum Gasteiger partial charge on any atom is -0.389 e. The van der Waals surface area contributed by atoms with E-state index in [-0.39, 0.29) is 35.1 Å². The Morgan fingerprint density at radius 2 is 2.12 bits per heavy atom. The highest BCUT2D eigenvalue weighted by molar-refractivity contribution is 5.88. The minimum atomic E-state index is -0.387. The summed E-state index contributed by atoms with van der Waals surface area (Å²) in [6, 6.07) is 0. The SMILES string of the molecule is C[C@]12CC(=O)[C@H]3[C@@H](CC=C4C=CCC[C@@]43C)[C@@H]1CC[C@@H]2C(=O)CO. The first kappa shape index (κ1) is 16.3. The summed E-state index contributed by atoms with van der Waals surface area (Å²) < 4.78 is 0. The van der Waals surface area contributed by atoms with Gasteiger partial charge in [-0.15, -0.1) is 0 Å². The van der Waals surface area contributed by atoms with E-state index in [1.165, 1.54) is 5.57 Å². The van der Waals surface area contributed by atoms with Gasteiger partial charge in [-0.05, 0) is 54.9 Å². The van der Waals surface area contributed by atoms with Gasteiger partial charge in [-0.25, -0.2) is 0 Å². The largest absolute Gasteiger partial charge is 0.389 e. The molecule has 24 heavy (non-hydrogen) atoms. The summed E-state index contributed by atoms with van der Waals surface area (Å²) in [6.07, 6.45) is 12.3. The molecule has 4 rings (SSSR count). The van der Waals surface area contributed by atoms with Gasteiger partial charge in [-0.1, -0.05) is 32.1 Å². The van der Waals surface area contributed by atoms with E-state index in [2.05, 4.69) is 32.1 Å². The van der Waals surface area contributed by atoms with Gasteiger partial charge in [-0.3, -0.25) is 9.59 Å². The number of carbonyl (C=O) groups excluding carboxylic acids is 2. The van der Waals surface area contributed by atoms with Crippen molar-refractivity contribution in [1.82, 2.24) is 0 Å². The molecule has 2 saturated carbocycles. The van der Waals surface area contributed by atoms with E-state index in [9.17, 15) is 14.7 Å². The Morgan fingerprint density at radius 3 is 2.88 bits per heavy atom. The fraction of sp³-hybridized carbons (Fsp3) is 0.714. The lowest BCUT2D eigenvalue weighted by atomic mass is 9.47. The highest BCUT2D eigenvalue weighted by Crippen LogP contribution is 2.64. The van der Waals surface area contributed by atoms with Crippen LogP contribution in [0.4, 0.5) is 0 Å². The number of carbonyl (C=O) groups is 2. The van der Waals surface area contributed by atoms with E-state index >= 15 is 0 Å². The van der Waals surface area contributed by atoms with Gasteiger partial charge in [0.05, 0.1) is 0 Å².